The zero-order valence-corrected chi connectivity index (χ0v) is 21.8. The Hall–Kier alpha value is -2.07. The Bertz CT molecular complexity index is 1010. The molecule has 0 spiro atoms. The van der Waals surface area contributed by atoms with E-state index in [1.807, 2.05) is 14.1 Å². The molecule has 1 saturated carbocycles. The third-order valence-corrected chi connectivity index (χ3v) is 7.26. The van der Waals surface area contributed by atoms with Crippen molar-refractivity contribution < 1.29 is 17.9 Å². The summed E-state index contributed by atoms with van der Waals surface area (Å²) >= 11 is 3.21. The van der Waals surface area contributed by atoms with Gasteiger partial charge in [-0.25, -0.2) is 4.98 Å². The Morgan fingerprint density at radius 1 is 1.09 bits per heavy atom. The van der Waals surface area contributed by atoms with Gasteiger partial charge in [0.15, 0.2) is 0 Å². The standard InChI is InChI=1S/C25H33BrF3N5O/c1-34(2)23-20-5-3-4-6-21(20)32-24(33-23)31-19-11-7-16(8-12-19)14-30-15-17-9-10-18(26)13-22(17)35-25(27,28)29/h9-10,13,16,19,30H,3-8,11-12,14-15H2,1-2H3,(H,31,32,33). The number of nitrogens with one attached hydrogen (secondary N) is 2. The lowest BCUT2D eigenvalue weighted by Gasteiger charge is -2.30. The molecule has 0 aliphatic heterocycles. The topological polar surface area (TPSA) is 62.3 Å². The molecule has 0 bridgehead atoms. The molecule has 1 heterocycles. The lowest BCUT2D eigenvalue weighted by molar-refractivity contribution is -0.274. The largest absolute Gasteiger partial charge is 0.573 e. The second kappa shape index (κ2) is 11.3. The molecule has 6 nitrogen and oxygen atoms in total. The van der Waals surface area contributed by atoms with Gasteiger partial charge in [0.1, 0.15) is 11.6 Å². The van der Waals surface area contributed by atoms with Crippen molar-refractivity contribution in [2.75, 3.05) is 30.9 Å². The number of anilines is 2. The maximum Gasteiger partial charge on any atom is 0.573 e. The van der Waals surface area contributed by atoms with Gasteiger partial charge in [0.25, 0.3) is 0 Å². The molecule has 0 unspecified atom stereocenters. The second-order valence-electron chi connectivity index (χ2n) is 9.69. The normalized spacial score (nSPS) is 20.3. The molecule has 0 radical (unpaired) electrons. The van der Waals surface area contributed by atoms with Crippen molar-refractivity contribution in [2.45, 2.75) is 70.3 Å². The van der Waals surface area contributed by atoms with Gasteiger partial charge in [-0.15, -0.1) is 13.2 Å². The highest BCUT2D eigenvalue weighted by Gasteiger charge is 2.32. The molecule has 2 aliphatic rings. The van der Waals surface area contributed by atoms with Gasteiger partial charge in [-0.3, -0.25) is 0 Å². The van der Waals surface area contributed by atoms with E-state index in [4.69, 9.17) is 9.97 Å². The number of hydrogen-bond donors (Lipinski definition) is 2. The lowest BCUT2D eigenvalue weighted by Crippen LogP contribution is -2.32. The summed E-state index contributed by atoms with van der Waals surface area (Å²) in [6.45, 7) is 1.08. The third kappa shape index (κ3) is 7.22. The van der Waals surface area contributed by atoms with Crippen molar-refractivity contribution in [1.29, 1.82) is 0 Å². The lowest BCUT2D eigenvalue weighted by atomic mass is 9.86. The number of fused-ring (bicyclic) bond motifs is 1. The summed E-state index contributed by atoms with van der Waals surface area (Å²) in [6.07, 6.45) is 3.85. The van der Waals surface area contributed by atoms with Crippen molar-refractivity contribution >= 4 is 27.7 Å². The van der Waals surface area contributed by atoms with Crippen LogP contribution in [0.5, 0.6) is 5.75 Å². The SMILES string of the molecule is CN(C)c1nc(NC2CCC(CNCc3ccc(Br)cc3OC(F)(F)F)CC2)nc2c1CCCC2. The summed E-state index contributed by atoms with van der Waals surface area (Å²) in [5.41, 5.74) is 2.95. The van der Waals surface area contributed by atoms with Gasteiger partial charge in [0, 0.05) is 42.3 Å². The molecule has 4 rings (SSSR count). The van der Waals surface area contributed by atoms with Crippen LogP contribution in [0.4, 0.5) is 24.9 Å². The van der Waals surface area contributed by atoms with E-state index in [9.17, 15) is 13.2 Å². The minimum atomic E-state index is -4.71. The molecule has 0 saturated heterocycles. The summed E-state index contributed by atoms with van der Waals surface area (Å²) in [7, 11) is 4.07. The van der Waals surface area contributed by atoms with Crippen LogP contribution in [0.1, 0.15) is 55.3 Å². The predicted molar refractivity (Wildman–Crippen MR) is 135 cm³/mol. The molecule has 2 aliphatic carbocycles. The summed E-state index contributed by atoms with van der Waals surface area (Å²) in [6, 6.07) is 5.06. The summed E-state index contributed by atoms with van der Waals surface area (Å²) in [5.74, 6) is 2.06. The van der Waals surface area contributed by atoms with Crippen LogP contribution in [0.2, 0.25) is 0 Å². The number of alkyl halides is 3. The van der Waals surface area contributed by atoms with E-state index in [1.165, 1.54) is 30.2 Å². The van der Waals surface area contributed by atoms with E-state index >= 15 is 0 Å². The maximum atomic E-state index is 12.7. The minimum absolute atomic E-state index is 0.172. The van der Waals surface area contributed by atoms with E-state index < -0.39 is 6.36 Å². The van der Waals surface area contributed by atoms with Gasteiger partial charge >= 0.3 is 6.36 Å². The van der Waals surface area contributed by atoms with Crippen molar-refractivity contribution in [3.05, 3.63) is 39.5 Å². The van der Waals surface area contributed by atoms with Gasteiger partial charge in [-0.05, 0) is 76.0 Å². The van der Waals surface area contributed by atoms with E-state index in [0.717, 1.165) is 56.8 Å². The van der Waals surface area contributed by atoms with Crippen LogP contribution >= 0.6 is 15.9 Å². The first-order valence-corrected chi connectivity index (χ1v) is 13.1. The van der Waals surface area contributed by atoms with Crippen LogP contribution in [0.3, 0.4) is 0 Å². The first-order valence-electron chi connectivity index (χ1n) is 12.3. The Labute approximate surface area is 213 Å². The van der Waals surface area contributed by atoms with Crippen molar-refractivity contribution in [1.82, 2.24) is 15.3 Å². The van der Waals surface area contributed by atoms with Gasteiger partial charge in [0.05, 0.1) is 5.69 Å². The average molecular weight is 556 g/mol. The van der Waals surface area contributed by atoms with Crippen molar-refractivity contribution in [2.24, 2.45) is 5.92 Å². The fourth-order valence-corrected chi connectivity index (χ4v) is 5.35. The Morgan fingerprint density at radius 3 is 2.54 bits per heavy atom. The van der Waals surface area contributed by atoms with Crippen LogP contribution in [0.25, 0.3) is 0 Å². The van der Waals surface area contributed by atoms with Crippen LogP contribution in [0, 0.1) is 5.92 Å². The summed E-state index contributed by atoms with van der Waals surface area (Å²) < 4.78 is 42.9. The number of halogens is 4. The number of hydrogen-bond acceptors (Lipinski definition) is 6. The average Bonchev–Trinajstić information content (AvgIpc) is 2.80. The van der Waals surface area contributed by atoms with E-state index in [0.29, 0.717) is 28.5 Å². The van der Waals surface area contributed by atoms with Gasteiger partial charge in [0.2, 0.25) is 5.95 Å². The fourth-order valence-electron chi connectivity index (χ4n) is 5.01. The molecule has 1 aromatic carbocycles. The van der Waals surface area contributed by atoms with E-state index in [1.54, 1.807) is 12.1 Å². The maximum absolute atomic E-state index is 12.7. The molecular formula is C25H33BrF3N5O. The predicted octanol–water partition coefficient (Wildman–Crippen LogP) is 5.84. The van der Waals surface area contributed by atoms with E-state index in [-0.39, 0.29) is 5.75 Å². The molecule has 192 valence electrons. The minimum Gasteiger partial charge on any atom is -0.405 e. The Balaban J connectivity index is 1.27. The van der Waals surface area contributed by atoms with Crippen LogP contribution in [-0.2, 0) is 19.4 Å². The number of rotatable bonds is 8. The summed E-state index contributed by atoms with van der Waals surface area (Å²) in [4.78, 5) is 11.7. The molecule has 1 fully saturated rings. The number of aryl methyl sites for hydroxylation is 1. The van der Waals surface area contributed by atoms with Crippen molar-refractivity contribution in [3.8, 4) is 5.75 Å². The summed E-state index contributed by atoms with van der Waals surface area (Å²) in [5, 5.41) is 6.89. The molecule has 35 heavy (non-hydrogen) atoms. The number of aromatic nitrogens is 2. The molecular weight excluding hydrogens is 523 g/mol. The highest BCUT2D eigenvalue weighted by Crippen LogP contribution is 2.31. The smallest absolute Gasteiger partial charge is 0.405 e. The number of nitrogens with zero attached hydrogens (tertiary/aromatic N) is 3. The fraction of sp³-hybridized carbons (Fsp3) is 0.600. The number of benzene rings is 1. The highest BCUT2D eigenvalue weighted by atomic mass is 79.9. The third-order valence-electron chi connectivity index (χ3n) is 6.77. The Morgan fingerprint density at radius 2 is 1.83 bits per heavy atom. The Kier molecular flexibility index (Phi) is 8.42. The van der Waals surface area contributed by atoms with Crippen molar-refractivity contribution in [3.63, 3.8) is 0 Å². The van der Waals surface area contributed by atoms with Gasteiger partial charge in [-0.2, -0.15) is 4.98 Å². The molecule has 1 aromatic heterocycles. The van der Waals surface area contributed by atoms with E-state index in [2.05, 4.69) is 36.2 Å². The quantitative estimate of drug-likeness (QED) is 0.426. The zero-order chi connectivity index (χ0) is 25.0. The second-order valence-corrected chi connectivity index (χ2v) is 10.6. The molecule has 10 heteroatoms. The monoisotopic (exact) mass is 555 g/mol. The molecule has 0 atom stereocenters. The van der Waals surface area contributed by atoms with Crippen LogP contribution in [-0.4, -0.2) is 43.0 Å². The molecule has 0 amide bonds. The molecule has 2 aromatic rings. The first kappa shape index (κ1) is 26.0. The zero-order valence-electron chi connectivity index (χ0n) is 20.2. The first-order chi connectivity index (χ1) is 16.7. The van der Waals surface area contributed by atoms with Gasteiger partial charge in [-0.1, -0.05) is 22.0 Å². The van der Waals surface area contributed by atoms with Crippen LogP contribution in [0.15, 0.2) is 22.7 Å². The number of ether oxygens (including phenoxy) is 1. The highest BCUT2D eigenvalue weighted by molar-refractivity contribution is 9.10. The molecule has 2 N–H and O–H groups in total. The van der Waals surface area contributed by atoms with Gasteiger partial charge < -0.3 is 20.3 Å². The van der Waals surface area contributed by atoms with Crippen LogP contribution < -0.4 is 20.3 Å².